The Morgan fingerprint density at radius 1 is 1.17 bits per heavy atom. The molecular weight excluding hydrogens is 534 g/mol. The van der Waals surface area contributed by atoms with Crippen LogP contribution in [0.15, 0.2) is 53.5 Å². The van der Waals surface area contributed by atoms with Crippen molar-refractivity contribution < 1.29 is 22.6 Å². The van der Waals surface area contributed by atoms with Crippen LogP contribution in [0.1, 0.15) is 18.4 Å². The molecule has 0 amide bonds. The molecule has 1 heterocycles. The minimum atomic E-state index is -4.80. The first-order chi connectivity index (χ1) is 13.8. The molecule has 3 N–H and O–H groups in total. The molecule has 0 radical (unpaired) electrons. The molecule has 164 valence electrons. The van der Waals surface area contributed by atoms with Crippen molar-refractivity contribution in [1.82, 2.24) is 0 Å². The Labute approximate surface area is 194 Å². The standard InChI is InChI=1S/C20H21ClF3N3O2.HI/c21-15-5-3-4-14(12-15)19(8-10-28-11-9-19)13-26-18(25)27-16-6-1-2-7-17(16)29-20(22,23)24;/h1-7,12H,8-11,13H2,(H3,25,26,27);1H. The second kappa shape index (κ2) is 10.5. The van der Waals surface area contributed by atoms with Crippen molar-refractivity contribution in [3.63, 3.8) is 0 Å². The van der Waals surface area contributed by atoms with Crippen LogP contribution in [-0.4, -0.2) is 32.1 Å². The van der Waals surface area contributed by atoms with E-state index in [1.165, 1.54) is 18.2 Å². The Balaban J connectivity index is 0.00000320. The van der Waals surface area contributed by atoms with Gasteiger partial charge in [0.1, 0.15) is 0 Å². The van der Waals surface area contributed by atoms with Crippen LogP contribution in [0, 0.1) is 0 Å². The summed E-state index contributed by atoms with van der Waals surface area (Å²) in [6.45, 7) is 1.51. The maximum atomic E-state index is 12.6. The lowest BCUT2D eigenvalue weighted by molar-refractivity contribution is -0.274. The Morgan fingerprint density at radius 3 is 2.53 bits per heavy atom. The number of ether oxygens (including phenoxy) is 2. The SMILES string of the molecule is I.NC(=NCC1(c2cccc(Cl)c2)CCOCC1)Nc1ccccc1OC(F)(F)F. The summed E-state index contributed by atoms with van der Waals surface area (Å²) in [6, 6.07) is 13.2. The van der Waals surface area contributed by atoms with Gasteiger partial charge in [0.15, 0.2) is 11.7 Å². The van der Waals surface area contributed by atoms with Crippen molar-refractivity contribution in [1.29, 1.82) is 0 Å². The molecule has 0 unspecified atom stereocenters. The van der Waals surface area contributed by atoms with Gasteiger partial charge in [0.05, 0.1) is 12.2 Å². The van der Waals surface area contributed by atoms with Crippen LogP contribution in [0.5, 0.6) is 5.75 Å². The number of rotatable bonds is 5. The number of guanidine groups is 1. The maximum absolute atomic E-state index is 12.6. The minimum Gasteiger partial charge on any atom is -0.404 e. The molecule has 3 rings (SSSR count). The number of para-hydroxylation sites is 2. The molecule has 1 aliphatic rings. The third-order valence-corrected chi connectivity index (χ3v) is 5.05. The number of aliphatic imine (C=N–C) groups is 1. The van der Waals surface area contributed by atoms with E-state index in [2.05, 4.69) is 15.0 Å². The van der Waals surface area contributed by atoms with E-state index in [9.17, 15) is 13.2 Å². The van der Waals surface area contributed by atoms with Gasteiger partial charge in [0.2, 0.25) is 0 Å². The first kappa shape index (κ1) is 24.5. The lowest BCUT2D eigenvalue weighted by Gasteiger charge is -2.36. The molecule has 0 aliphatic carbocycles. The van der Waals surface area contributed by atoms with E-state index in [-0.39, 0.29) is 46.8 Å². The van der Waals surface area contributed by atoms with Gasteiger partial charge >= 0.3 is 6.36 Å². The van der Waals surface area contributed by atoms with Gasteiger partial charge in [-0.25, -0.2) is 0 Å². The third-order valence-electron chi connectivity index (χ3n) is 4.81. The van der Waals surface area contributed by atoms with Crippen LogP contribution in [0.3, 0.4) is 0 Å². The van der Waals surface area contributed by atoms with Crippen molar-refractivity contribution in [3.05, 3.63) is 59.1 Å². The topological polar surface area (TPSA) is 68.9 Å². The summed E-state index contributed by atoms with van der Waals surface area (Å²) in [5.74, 6) is -0.384. The molecule has 0 bridgehead atoms. The van der Waals surface area contributed by atoms with Gasteiger partial charge in [-0.3, -0.25) is 4.99 Å². The summed E-state index contributed by atoms with van der Waals surface area (Å²) in [5.41, 5.74) is 6.77. The zero-order valence-electron chi connectivity index (χ0n) is 15.9. The van der Waals surface area contributed by atoms with Crippen LogP contribution in [0.2, 0.25) is 5.02 Å². The van der Waals surface area contributed by atoms with E-state index in [0.717, 1.165) is 18.4 Å². The highest BCUT2D eigenvalue weighted by Crippen LogP contribution is 2.36. The fraction of sp³-hybridized carbons (Fsp3) is 0.350. The number of hydrogen-bond donors (Lipinski definition) is 2. The van der Waals surface area contributed by atoms with Gasteiger partial charge in [-0.05, 0) is 42.7 Å². The number of nitrogens with two attached hydrogens (primary N) is 1. The first-order valence-corrected chi connectivity index (χ1v) is 9.41. The van der Waals surface area contributed by atoms with Crippen molar-refractivity contribution in [2.45, 2.75) is 24.6 Å². The average Bonchev–Trinajstić information content (AvgIpc) is 2.68. The fourth-order valence-corrected chi connectivity index (χ4v) is 3.51. The number of nitrogens with one attached hydrogen (secondary N) is 1. The van der Waals surface area contributed by atoms with Crippen molar-refractivity contribution in [3.8, 4) is 5.75 Å². The molecular formula is C20H22ClF3IN3O2. The zero-order chi connectivity index (χ0) is 20.9. The van der Waals surface area contributed by atoms with E-state index in [4.69, 9.17) is 22.1 Å². The number of hydrogen-bond acceptors (Lipinski definition) is 3. The Bertz CT molecular complexity index is 874. The van der Waals surface area contributed by atoms with Gasteiger partial charge in [0.25, 0.3) is 0 Å². The number of anilines is 1. The summed E-state index contributed by atoms with van der Waals surface area (Å²) in [6.07, 6.45) is -3.34. The highest BCUT2D eigenvalue weighted by Gasteiger charge is 2.35. The second-order valence-electron chi connectivity index (χ2n) is 6.77. The molecule has 30 heavy (non-hydrogen) atoms. The number of alkyl halides is 3. The van der Waals surface area contributed by atoms with Crippen molar-refractivity contribution in [2.75, 3.05) is 25.1 Å². The van der Waals surface area contributed by atoms with E-state index in [1.807, 2.05) is 18.2 Å². The lowest BCUT2D eigenvalue weighted by Crippen LogP contribution is -2.38. The van der Waals surface area contributed by atoms with Gasteiger partial charge in [0, 0.05) is 23.7 Å². The van der Waals surface area contributed by atoms with E-state index < -0.39 is 6.36 Å². The average molecular weight is 556 g/mol. The zero-order valence-corrected chi connectivity index (χ0v) is 19.0. The molecule has 1 fully saturated rings. The van der Waals surface area contributed by atoms with Crippen LogP contribution < -0.4 is 15.8 Å². The molecule has 0 spiro atoms. The Hall–Kier alpha value is -1.72. The Morgan fingerprint density at radius 2 is 1.87 bits per heavy atom. The van der Waals surface area contributed by atoms with Crippen LogP contribution >= 0.6 is 35.6 Å². The normalized spacial score (nSPS) is 16.5. The quantitative estimate of drug-likeness (QED) is 0.297. The van der Waals surface area contributed by atoms with Crippen molar-refractivity contribution >= 4 is 47.2 Å². The maximum Gasteiger partial charge on any atom is 0.573 e. The van der Waals surface area contributed by atoms with E-state index in [0.29, 0.717) is 24.8 Å². The molecule has 1 saturated heterocycles. The van der Waals surface area contributed by atoms with Gasteiger partial charge in [-0.15, -0.1) is 37.1 Å². The number of benzene rings is 2. The van der Waals surface area contributed by atoms with Crippen LogP contribution in [-0.2, 0) is 10.2 Å². The minimum absolute atomic E-state index is 0. The number of nitrogens with zero attached hydrogens (tertiary/aromatic N) is 1. The molecule has 0 aromatic heterocycles. The molecule has 5 nitrogen and oxygen atoms in total. The summed E-state index contributed by atoms with van der Waals surface area (Å²) in [7, 11) is 0. The largest absolute Gasteiger partial charge is 0.573 e. The van der Waals surface area contributed by atoms with E-state index in [1.54, 1.807) is 12.1 Å². The van der Waals surface area contributed by atoms with Gasteiger partial charge in [-0.2, -0.15) is 0 Å². The van der Waals surface area contributed by atoms with E-state index >= 15 is 0 Å². The van der Waals surface area contributed by atoms with Gasteiger partial charge in [-0.1, -0.05) is 35.9 Å². The molecule has 0 atom stereocenters. The number of halogens is 5. The molecule has 2 aromatic carbocycles. The monoisotopic (exact) mass is 555 g/mol. The summed E-state index contributed by atoms with van der Waals surface area (Å²) >= 11 is 6.16. The molecule has 2 aromatic rings. The molecule has 0 saturated carbocycles. The van der Waals surface area contributed by atoms with Crippen molar-refractivity contribution in [2.24, 2.45) is 10.7 Å². The third kappa shape index (κ3) is 6.64. The molecule has 10 heteroatoms. The Kier molecular flexibility index (Phi) is 8.62. The highest BCUT2D eigenvalue weighted by atomic mass is 127. The summed E-state index contributed by atoms with van der Waals surface area (Å²) < 4.78 is 47.3. The highest BCUT2D eigenvalue weighted by molar-refractivity contribution is 14.0. The summed E-state index contributed by atoms with van der Waals surface area (Å²) in [5, 5.41) is 3.32. The summed E-state index contributed by atoms with van der Waals surface area (Å²) in [4.78, 5) is 4.41. The molecule has 1 aliphatic heterocycles. The lowest BCUT2D eigenvalue weighted by atomic mass is 9.74. The first-order valence-electron chi connectivity index (χ1n) is 9.03. The second-order valence-corrected chi connectivity index (χ2v) is 7.21. The fourth-order valence-electron chi connectivity index (χ4n) is 3.32. The van der Waals surface area contributed by atoms with Crippen LogP contribution in [0.25, 0.3) is 0 Å². The predicted octanol–water partition coefficient (Wildman–Crippen LogP) is 5.33. The van der Waals surface area contributed by atoms with Crippen LogP contribution in [0.4, 0.5) is 18.9 Å². The smallest absolute Gasteiger partial charge is 0.404 e. The van der Waals surface area contributed by atoms with Gasteiger partial charge < -0.3 is 20.5 Å². The predicted molar refractivity (Wildman–Crippen MR) is 122 cm³/mol.